The first-order valence-electron chi connectivity index (χ1n) is 11.6. The van der Waals surface area contributed by atoms with Gasteiger partial charge in [-0.1, -0.05) is 19.3 Å². The molecule has 3 fully saturated rings. The molecule has 0 spiro atoms. The number of amides is 2. The number of hydrogen-bond donors (Lipinski definition) is 3. The molecule has 31 heavy (non-hydrogen) atoms. The summed E-state index contributed by atoms with van der Waals surface area (Å²) in [5.41, 5.74) is 8.24. The van der Waals surface area contributed by atoms with Crippen LogP contribution in [0.4, 0.5) is 4.79 Å². The number of carbonyl (C=O) groups is 2. The molecular formula is C22H38N6O3. The SMILES string of the molecule is CC(C)(C)OC(=O)N1CCC(CC#N)(N2CC(C(N)=O)C(NC3CCCCC3)N2)CC1. The first kappa shape index (κ1) is 23.8. The molecule has 0 aromatic heterocycles. The number of nitriles is 1. The van der Waals surface area contributed by atoms with E-state index >= 15 is 0 Å². The highest BCUT2D eigenvalue weighted by atomic mass is 16.6. The number of nitrogens with two attached hydrogens (primary N) is 1. The molecular weight excluding hydrogens is 396 g/mol. The van der Waals surface area contributed by atoms with E-state index in [9.17, 15) is 14.9 Å². The molecule has 174 valence electrons. The highest BCUT2D eigenvalue weighted by molar-refractivity contribution is 5.78. The van der Waals surface area contributed by atoms with Gasteiger partial charge in [0, 0.05) is 25.7 Å². The summed E-state index contributed by atoms with van der Waals surface area (Å²) in [7, 11) is 0. The number of piperidine rings is 1. The Hall–Kier alpha value is -1.89. The van der Waals surface area contributed by atoms with Gasteiger partial charge in [0.1, 0.15) is 5.60 Å². The molecule has 3 rings (SSSR count). The van der Waals surface area contributed by atoms with E-state index in [2.05, 4.69) is 21.8 Å². The van der Waals surface area contributed by atoms with Gasteiger partial charge in [0.05, 0.1) is 30.1 Å². The van der Waals surface area contributed by atoms with Crippen LogP contribution in [0.1, 0.15) is 72.1 Å². The Balaban J connectivity index is 1.67. The van der Waals surface area contributed by atoms with Gasteiger partial charge in [-0.3, -0.25) is 10.1 Å². The number of nitrogens with one attached hydrogen (secondary N) is 2. The molecule has 9 heteroatoms. The minimum absolute atomic E-state index is 0.222. The number of likely N-dealkylation sites (tertiary alicyclic amines) is 1. The van der Waals surface area contributed by atoms with Gasteiger partial charge in [0.2, 0.25) is 5.91 Å². The lowest BCUT2D eigenvalue weighted by Crippen LogP contribution is -2.60. The van der Waals surface area contributed by atoms with E-state index in [0.29, 0.717) is 44.9 Å². The Bertz CT molecular complexity index is 686. The molecule has 2 saturated heterocycles. The summed E-state index contributed by atoms with van der Waals surface area (Å²) in [6, 6.07) is 2.71. The molecule has 9 nitrogen and oxygen atoms in total. The van der Waals surface area contributed by atoms with Crippen LogP contribution in [-0.4, -0.2) is 64.9 Å². The van der Waals surface area contributed by atoms with E-state index in [-0.39, 0.29) is 24.1 Å². The Morgan fingerprint density at radius 3 is 2.42 bits per heavy atom. The quantitative estimate of drug-likeness (QED) is 0.603. The van der Waals surface area contributed by atoms with E-state index in [1.807, 2.05) is 20.8 Å². The van der Waals surface area contributed by atoms with Crippen molar-refractivity contribution in [2.45, 2.75) is 95.5 Å². The van der Waals surface area contributed by atoms with Crippen LogP contribution in [-0.2, 0) is 9.53 Å². The molecule has 0 aromatic rings. The highest BCUT2D eigenvalue weighted by Crippen LogP contribution is 2.35. The maximum Gasteiger partial charge on any atom is 0.410 e. The van der Waals surface area contributed by atoms with Crippen molar-refractivity contribution in [2.75, 3.05) is 19.6 Å². The van der Waals surface area contributed by atoms with Gasteiger partial charge in [0.25, 0.3) is 0 Å². The van der Waals surface area contributed by atoms with Crippen molar-refractivity contribution in [3.05, 3.63) is 0 Å². The van der Waals surface area contributed by atoms with Crippen LogP contribution in [0.5, 0.6) is 0 Å². The fourth-order valence-electron chi connectivity index (χ4n) is 5.00. The molecule has 0 bridgehead atoms. The minimum Gasteiger partial charge on any atom is -0.444 e. The van der Waals surface area contributed by atoms with Gasteiger partial charge < -0.3 is 15.4 Å². The van der Waals surface area contributed by atoms with E-state index in [4.69, 9.17) is 10.5 Å². The van der Waals surface area contributed by atoms with Crippen LogP contribution in [0.2, 0.25) is 0 Å². The lowest BCUT2D eigenvalue weighted by molar-refractivity contribution is -0.122. The lowest BCUT2D eigenvalue weighted by atomic mass is 9.84. The molecule has 0 radical (unpaired) electrons. The van der Waals surface area contributed by atoms with Crippen molar-refractivity contribution in [2.24, 2.45) is 11.7 Å². The number of nitrogens with zero attached hydrogens (tertiary/aromatic N) is 3. The Labute approximate surface area is 185 Å². The second kappa shape index (κ2) is 9.72. The molecule has 3 aliphatic rings. The number of rotatable bonds is 5. The number of ether oxygens (including phenoxy) is 1. The Kier molecular flexibility index (Phi) is 7.45. The van der Waals surface area contributed by atoms with Crippen molar-refractivity contribution in [1.82, 2.24) is 20.7 Å². The molecule has 2 heterocycles. The van der Waals surface area contributed by atoms with Gasteiger partial charge in [-0.25, -0.2) is 15.2 Å². The molecule has 2 unspecified atom stereocenters. The maximum atomic E-state index is 12.5. The summed E-state index contributed by atoms with van der Waals surface area (Å²) in [5, 5.41) is 15.2. The standard InChI is InChI=1S/C22H38N6O3/c1-21(2,3)31-20(30)27-13-10-22(9-12-23,11-14-27)28-15-17(18(24)29)19(26-28)25-16-7-5-4-6-8-16/h16-17,19,25-26H,4-11,13-15H2,1-3H3,(H2,24,29). The molecule has 2 atom stereocenters. The fourth-order valence-corrected chi connectivity index (χ4v) is 5.00. The van der Waals surface area contributed by atoms with Crippen LogP contribution in [0.3, 0.4) is 0 Å². The molecule has 1 aliphatic carbocycles. The average Bonchev–Trinajstić information content (AvgIpc) is 3.13. The van der Waals surface area contributed by atoms with Gasteiger partial charge in [-0.05, 0) is 46.5 Å². The largest absolute Gasteiger partial charge is 0.444 e. The van der Waals surface area contributed by atoms with Crippen LogP contribution in [0.15, 0.2) is 0 Å². The average molecular weight is 435 g/mol. The summed E-state index contributed by atoms with van der Waals surface area (Å²) in [6.45, 7) is 7.05. The first-order chi connectivity index (χ1) is 14.6. The van der Waals surface area contributed by atoms with E-state index in [0.717, 1.165) is 12.8 Å². The zero-order valence-electron chi connectivity index (χ0n) is 19.2. The third-order valence-corrected chi connectivity index (χ3v) is 6.79. The predicted molar refractivity (Wildman–Crippen MR) is 116 cm³/mol. The van der Waals surface area contributed by atoms with Gasteiger partial charge in [-0.15, -0.1) is 0 Å². The minimum atomic E-state index is -0.540. The van der Waals surface area contributed by atoms with Crippen molar-refractivity contribution < 1.29 is 14.3 Å². The van der Waals surface area contributed by atoms with E-state index < -0.39 is 11.1 Å². The summed E-state index contributed by atoms with van der Waals surface area (Å²) in [5.74, 6) is -0.692. The molecule has 0 aromatic carbocycles. The van der Waals surface area contributed by atoms with Crippen molar-refractivity contribution in [3.8, 4) is 6.07 Å². The lowest BCUT2D eigenvalue weighted by Gasteiger charge is -2.46. The summed E-state index contributed by atoms with van der Waals surface area (Å²) < 4.78 is 5.50. The van der Waals surface area contributed by atoms with Crippen molar-refractivity contribution in [3.63, 3.8) is 0 Å². The zero-order valence-corrected chi connectivity index (χ0v) is 19.2. The third-order valence-electron chi connectivity index (χ3n) is 6.79. The topological polar surface area (TPSA) is 124 Å². The first-order valence-corrected chi connectivity index (χ1v) is 11.6. The van der Waals surface area contributed by atoms with Crippen LogP contribution in [0, 0.1) is 17.2 Å². The van der Waals surface area contributed by atoms with E-state index in [1.165, 1.54) is 19.3 Å². The second-order valence-electron chi connectivity index (χ2n) is 10.3. The van der Waals surface area contributed by atoms with Crippen LogP contribution in [0.25, 0.3) is 0 Å². The van der Waals surface area contributed by atoms with Crippen LogP contribution >= 0.6 is 0 Å². The fraction of sp³-hybridized carbons (Fsp3) is 0.864. The maximum absolute atomic E-state index is 12.5. The Morgan fingerprint density at radius 2 is 1.87 bits per heavy atom. The Morgan fingerprint density at radius 1 is 1.23 bits per heavy atom. The third kappa shape index (κ3) is 5.88. The monoisotopic (exact) mass is 434 g/mol. The smallest absolute Gasteiger partial charge is 0.410 e. The summed E-state index contributed by atoms with van der Waals surface area (Å²) >= 11 is 0. The molecule has 4 N–H and O–H groups in total. The predicted octanol–water partition coefficient (Wildman–Crippen LogP) is 1.84. The molecule has 1 saturated carbocycles. The number of hydrogen-bond acceptors (Lipinski definition) is 7. The second-order valence-corrected chi connectivity index (χ2v) is 10.3. The van der Waals surface area contributed by atoms with Gasteiger partial charge in [0.15, 0.2) is 0 Å². The van der Waals surface area contributed by atoms with Gasteiger partial charge >= 0.3 is 6.09 Å². The number of hydrazine groups is 1. The van der Waals surface area contributed by atoms with E-state index in [1.54, 1.807) is 4.90 Å². The highest BCUT2D eigenvalue weighted by Gasteiger charge is 2.48. The molecule has 2 aliphatic heterocycles. The zero-order chi connectivity index (χ0) is 22.6. The van der Waals surface area contributed by atoms with Crippen molar-refractivity contribution in [1.29, 1.82) is 5.26 Å². The summed E-state index contributed by atoms with van der Waals surface area (Å²) in [4.78, 5) is 26.4. The normalized spacial score (nSPS) is 27.6. The van der Waals surface area contributed by atoms with Crippen molar-refractivity contribution >= 4 is 12.0 Å². The number of primary amides is 1. The van der Waals surface area contributed by atoms with Gasteiger partial charge in [-0.2, -0.15) is 5.26 Å². The van der Waals surface area contributed by atoms with Crippen LogP contribution < -0.4 is 16.5 Å². The number of carbonyl (C=O) groups excluding carboxylic acids is 2. The summed E-state index contributed by atoms with van der Waals surface area (Å²) in [6.07, 6.45) is 6.94. The molecule has 2 amide bonds.